The molecule has 5 aromatic rings. The van der Waals surface area contributed by atoms with Crippen LogP contribution in [0.3, 0.4) is 0 Å². The minimum absolute atomic E-state index is 0.219. The van der Waals surface area contributed by atoms with Gasteiger partial charge in [0, 0.05) is 29.4 Å². The Balaban J connectivity index is 1.45. The number of hydrogen-bond donors (Lipinski definition) is 3. The van der Waals surface area contributed by atoms with Crippen molar-refractivity contribution in [1.29, 1.82) is 0 Å². The van der Waals surface area contributed by atoms with E-state index >= 15 is 0 Å². The van der Waals surface area contributed by atoms with Crippen molar-refractivity contribution >= 4 is 22.6 Å². The third-order valence-corrected chi connectivity index (χ3v) is 6.10. The average Bonchev–Trinajstić information content (AvgIpc) is 3.31. The average molecular weight is 479 g/mol. The first-order valence-electron chi connectivity index (χ1n) is 11.8. The zero-order chi connectivity index (χ0) is 25.1. The topological polar surface area (TPSA) is 105 Å². The van der Waals surface area contributed by atoms with Gasteiger partial charge in [0.1, 0.15) is 5.82 Å². The van der Waals surface area contributed by atoms with Crippen LogP contribution in [-0.4, -0.2) is 25.8 Å². The molecule has 0 saturated carbocycles. The fourth-order valence-electron chi connectivity index (χ4n) is 4.28. The van der Waals surface area contributed by atoms with Crippen LogP contribution < -0.4 is 16.2 Å². The lowest BCUT2D eigenvalue weighted by molar-refractivity contribution is 0.251. The van der Waals surface area contributed by atoms with Crippen LogP contribution in [0.5, 0.6) is 0 Å². The number of urea groups is 1. The third kappa shape index (κ3) is 4.61. The number of aromatic nitrogens is 4. The Bertz CT molecular complexity index is 1600. The molecule has 0 aliphatic carbocycles. The largest absolute Gasteiger partial charge is 0.334 e. The minimum atomic E-state index is -0.395. The van der Waals surface area contributed by atoms with E-state index in [1.807, 2.05) is 79.7 Å². The Morgan fingerprint density at radius 2 is 1.75 bits per heavy atom. The van der Waals surface area contributed by atoms with Gasteiger partial charge < -0.3 is 5.32 Å². The van der Waals surface area contributed by atoms with Crippen molar-refractivity contribution in [2.24, 2.45) is 0 Å². The maximum atomic E-state index is 12.9. The molecule has 0 aliphatic rings. The van der Waals surface area contributed by atoms with Gasteiger partial charge in [-0.25, -0.2) is 9.78 Å². The van der Waals surface area contributed by atoms with Gasteiger partial charge >= 0.3 is 6.03 Å². The number of benzene rings is 3. The molecule has 0 radical (unpaired) electrons. The summed E-state index contributed by atoms with van der Waals surface area (Å²) in [6, 6.07) is 25.0. The van der Waals surface area contributed by atoms with Crippen LogP contribution in [0, 0.1) is 6.92 Å². The quantitative estimate of drug-likeness (QED) is 0.320. The van der Waals surface area contributed by atoms with Crippen LogP contribution in [0.15, 0.2) is 83.7 Å². The maximum absolute atomic E-state index is 12.9. The Morgan fingerprint density at radius 3 is 2.53 bits per heavy atom. The molecule has 180 valence electrons. The number of aromatic amines is 1. The molecule has 3 aromatic carbocycles. The van der Waals surface area contributed by atoms with Gasteiger partial charge in [0.25, 0.3) is 5.56 Å². The lowest BCUT2D eigenvalue weighted by Crippen LogP contribution is -2.29. The smallest absolute Gasteiger partial charge is 0.320 e. The molecule has 36 heavy (non-hydrogen) atoms. The highest BCUT2D eigenvalue weighted by Crippen LogP contribution is 2.24. The molecule has 3 N–H and O–H groups in total. The molecule has 0 fully saturated rings. The van der Waals surface area contributed by atoms with Crippen LogP contribution in [0.1, 0.15) is 23.7 Å². The summed E-state index contributed by atoms with van der Waals surface area (Å²) in [6.45, 7) is 4.06. The third-order valence-electron chi connectivity index (χ3n) is 6.10. The van der Waals surface area contributed by atoms with E-state index in [2.05, 4.69) is 25.7 Å². The lowest BCUT2D eigenvalue weighted by atomic mass is 10.0. The molecule has 0 spiro atoms. The first kappa shape index (κ1) is 23.0. The number of nitrogens with one attached hydrogen (secondary N) is 3. The highest BCUT2D eigenvalue weighted by atomic mass is 16.2. The van der Waals surface area contributed by atoms with E-state index in [-0.39, 0.29) is 11.5 Å². The molecule has 2 amide bonds. The van der Waals surface area contributed by atoms with Crippen molar-refractivity contribution in [1.82, 2.24) is 25.1 Å². The summed E-state index contributed by atoms with van der Waals surface area (Å²) in [5, 5.41) is 12.6. The summed E-state index contributed by atoms with van der Waals surface area (Å²) in [4.78, 5) is 32.9. The van der Waals surface area contributed by atoms with Crippen molar-refractivity contribution in [3.05, 3.63) is 106 Å². The fraction of sp³-hybridized carbons (Fsp3) is 0.143. The van der Waals surface area contributed by atoms with Crippen LogP contribution in [0.2, 0.25) is 0 Å². The number of nitrogens with zero attached hydrogens (tertiary/aromatic N) is 3. The van der Waals surface area contributed by atoms with Crippen LogP contribution in [-0.2, 0) is 13.0 Å². The monoisotopic (exact) mass is 478 g/mol. The number of rotatable bonds is 6. The molecule has 0 saturated heterocycles. The number of aryl methyl sites for hydroxylation is 1. The number of anilines is 1. The van der Waals surface area contributed by atoms with E-state index in [9.17, 15) is 9.59 Å². The van der Waals surface area contributed by atoms with E-state index in [0.29, 0.717) is 35.7 Å². The summed E-state index contributed by atoms with van der Waals surface area (Å²) in [7, 11) is 0. The first-order chi connectivity index (χ1) is 17.5. The fourth-order valence-corrected chi connectivity index (χ4v) is 4.28. The number of H-pyrrole nitrogens is 1. The molecule has 8 heteroatoms. The molecular formula is C28H26N6O2. The van der Waals surface area contributed by atoms with E-state index in [4.69, 9.17) is 0 Å². The number of carbonyl (C=O) groups is 1. The zero-order valence-electron chi connectivity index (χ0n) is 20.1. The number of amides is 2. The summed E-state index contributed by atoms with van der Waals surface area (Å²) in [5.41, 5.74) is 3.55. The maximum Gasteiger partial charge on any atom is 0.320 e. The van der Waals surface area contributed by atoms with E-state index < -0.39 is 6.03 Å². The van der Waals surface area contributed by atoms with Crippen LogP contribution in [0.25, 0.3) is 28.0 Å². The molecule has 0 aliphatic heterocycles. The van der Waals surface area contributed by atoms with Gasteiger partial charge in [-0.05, 0) is 29.7 Å². The number of hydrogen-bond acceptors (Lipinski definition) is 4. The van der Waals surface area contributed by atoms with Crippen LogP contribution >= 0.6 is 0 Å². The van der Waals surface area contributed by atoms with Crippen molar-refractivity contribution in [3.63, 3.8) is 0 Å². The molecule has 0 atom stereocenters. The highest BCUT2D eigenvalue weighted by Gasteiger charge is 2.17. The highest BCUT2D eigenvalue weighted by molar-refractivity contribution is 5.90. The predicted octanol–water partition coefficient (Wildman–Crippen LogP) is 4.97. The minimum Gasteiger partial charge on any atom is -0.334 e. The lowest BCUT2D eigenvalue weighted by Gasteiger charge is -2.11. The zero-order valence-corrected chi connectivity index (χ0v) is 20.1. The molecule has 8 nitrogen and oxygen atoms in total. The van der Waals surface area contributed by atoms with Crippen molar-refractivity contribution < 1.29 is 4.79 Å². The second kappa shape index (κ2) is 9.87. The Morgan fingerprint density at radius 1 is 1.00 bits per heavy atom. The Kier molecular flexibility index (Phi) is 6.32. The number of fused-ring (bicyclic) bond motifs is 1. The summed E-state index contributed by atoms with van der Waals surface area (Å²) >= 11 is 0. The normalized spacial score (nSPS) is 10.9. The van der Waals surface area contributed by atoms with Gasteiger partial charge in [0.2, 0.25) is 5.95 Å². The van der Waals surface area contributed by atoms with E-state index in [0.717, 1.165) is 21.9 Å². The molecule has 0 bridgehead atoms. The molecule has 2 heterocycles. The second-order valence-electron chi connectivity index (χ2n) is 8.45. The summed E-state index contributed by atoms with van der Waals surface area (Å²) in [5.74, 6) is 0.623. The number of carbonyl (C=O) groups excluding carboxylic acids is 1. The summed E-state index contributed by atoms with van der Waals surface area (Å²) in [6.07, 6.45) is 0.574. The van der Waals surface area contributed by atoms with Gasteiger partial charge in [-0.2, -0.15) is 9.78 Å². The standard InChI is InChI=1S/C28H26N6O2/c1-3-22-18(2)30-27(32-26(22)35)34-25(16-24(33-34)20-11-5-4-6-12-20)31-28(36)29-17-21-14-9-13-19-10-7-8-15-23(19)21/h4-16H,3,17H2,1-2H3,(H2,29,31,36)(H,30,32,35). The van der Waals surface area contributed by atoms with E-state index in [1.165, 1.54) is 4.68 Å². The SMILES string of the molecule is CCc1c(C)nc(-n2nc(-c3ccccc3)cc2NC(=O)NCc2cccc3ccccc23)[nH]c1=O. The molecular weight excluding hydrogens is 452 g/mol. The first-order valence-corrected chi connectivity index (χ1v) is 11.8. The van der Waals surface area contributed by atoms with E-state index in [1.54, 1.807) is 13.0 Å². The molecule has 0 unspecified atom stereocenters. The van der Waals surface area contributed by atoms with Gasteiger partial charge in [0.05, 0.1) is 5.69 Å². The molecule has 2 aromatic heterocycles. The second-order valence-corrected chi connectivity index (χ2v) is 8.45. The Hall–Kier alpha value is -4.72. The summed E-state index contributed by atoms with van der Waals surface area (Å²) < 4.78 is 1.45. The van der Waals surface area contributed by atoms with Gasteiger partial charge in [0.15, 0.2) is 0 Å². The van der Waals surface area contributed by atoms with Crippen LogP contribution in [0.4, 0.5) is 10.6 Å². The van der Waals surface area contributed by atoms with Crippen molar-refractivity contribution in [3.8, 4) is 17.2 Å². The van der Waals surface area contributed by atoms with Gasteiger partial charge in [-0.15, -0.1) is 0 Å². The van der Waals surface area contributed by atoms with Gasteiger partial charge in [-0.1, -0.05) is 79.7 Å². The Labute approximate surface area is 208 Å². The van der Waals surface area contributed by atoms with Crippen molar-refractivity contribution in [2.45, 2.75) is 26.8 Å². The predicted molar refractivity (Wildman–Crippen MR) is 141 cm³/mol. The van der Waals surface area contributed by atoms with Crippen molar-refractivity contribution in [2.75, 3.05) is 5.32 Å². The molecule has 5 rings (SSSR count). The van der Waals surface area contributed by atoms with Gasteiger partial charge in [-0.3, -0.25) is 15.1 Å².